The molecule has 0 saturated carbocycles. The lowest BCUT2D eigenvalue weighted by atomic mass is 10.0. The maximum Gasteiger partial charge on any atom is 0.272 e. The Morgan fingerprint density at radius 1 is 1.00 bits per heavy atom. The van der Waals surface area contributed by atoms with E-state index in [1.54, 1.807) is 18.2 Å². The van der Waals surface area contributed by atoms with Crippen molar-refractivity contribution in [3.8, 4) is 0 Å². The third kappa shape index (κ3) is 3.18. The molecule has 0 aliphatic carbocycles. The summed E-state index contributed by atoms with van der Waals surface area (Å²) in [5, 5.41) is 0.493. The Balaban J connectivity index is 2.15. The van der Waals surface area contributed by atoms with Crippen molar-refractivity contribution >= 4 is 58.0 Å². The van der Waals surface area contributed by atoms with Gasteiger partial charge in [-0.25, -0.2) is 4.90 Å². The van der Waals surface area contributed by atoms with E-state index >= 15 is 0 Å². The van der Waals surface area contributed by atoms with E-state index in [1.807, 2.05) is 39.0 Å². The van der Waals surface area contributed by atoms with Crippen LogP contribution in [-0.2, 0) is 9.59 Å². The summed E-state index contributed by atoms with van der Waals surface area (Å²) in [6.07, 6.45) is 0. The van der Waals surface area contributed by atoms with E-state index in [4.69, 9.17) is 23.2 Å². The summed E-state index contributed by atoms with van der Waals surface area (Å²) < 4.78 is 0. The van der Waals surface area contributed by atoms with E-state index < -0.39 is 0 Å². The first-order valence-electron chi connectivity index (χ1n) is 8.14. The number of thioether (sulfide) groups is 1. The van der Waals surface area contributed by atoms with Crippen LogP contribution < -0.4 is 4.90 Å². The predicted molar refractivity (Wildman–Crippen MR) is 110 cm³/mol. The highest BCUT2D eigenvalue weighted by molar-refractivity contribution is 8.04. The van der Waals surface area contributed by atoms with E-state index in [-0.39, 0.29) is 16.8 Å². The van der Waals surface area contributed by atoms with Crippen molar-refractivity contribution < 1.29 is 9.59 Å². The van der Waals surface area contributed by atoms with Crippen LogP contribution in [0.5, 0.6) is 0 Å². The molecule has 26 heavy (non-hydrogen) atoms. The second kappa shape index (κ2) is 7.47. The summed E-state index contributed by atoms with van der Waals surface area (Å²) in [4.78, 5) is 27.8. The number of nitrogens with zero attached hydrogens (tertiary/aromatic N) is 1. The molecular formula is C20H17Cl2NO2S. The maximum atomic E-state index is 13.2. The third-order valence-corrected chi connectivity index (χ3v) is 6.06. The second-order valence-electron chi connectivity index (χ2n) is 5.95. The van der Waals surface area contributed by atoms with Crippen LogP contribution in [0.15, 0.2) is 41.3 Å². The molecule has 0 atom stereocenters. The Morgan fingerprint density at radius 3 is 2.38 bits per heavy atom. The molecule has 1 heterocycles. The Bertz CT molecular complexity index is 953. The summed E-state index contributed by atoms with van der Waals surface area (Å²) in [6, 6.07) is 10.7. The van der Waals surface area contributed by atoms with Gasteiger partial charge in [0.1, 0.15) is 0 Å². The largest absolute Gasteiger partial charge is 0.272 e. The summed E-state index contributed by atoms with van der Waals surface area (Å²) in [5.41, 5.74) is 3.66. The number of hydrogen-bond acceptors (Lipinski definition) is 3. The number of anilines is 1. The molecule has 2 aromatic carbocycles. The maximum absolute atomic E-state index is 13.2. The minimum Gasteiger partial charge on any atom is -0.268 e. The van der Waals surface area contributed by atoms with Crippen LogP contribution >= 0.6 is 35.0 Å². The average Bonchev–Trinajstić information content (AvgIpc) is 2.84. The van der Waals surface area contributed by atoms with Crippen LogP contribution in [-0.4, -0.2) is 17.6 Å². The number of aryl methyl sites for hydroxylation is 2. The van der Waals surface area contributed by atoms with E-state index in [1.165, 1.54) is 11.8 Å². The van der Waals surface area contributed by atoms with Crippen LogP contribution in [0.25, 0.3) is 5.57 Å². The van der Waals surface area contributed by atoms with Crippen molar-refractivity contribution in [2.75, 3.05) is 10.7 Å². The average molecular weight is 406 g/mol. The van der Waals surface area contributed by atoms with E-state index in [9.17, 15) is 9.59 Å². The van der Waals surface area contributed by atoms with Gasteiger partial charge in [0, 0.05) is 0 Å². The van der Waals surface area contributed by atoms with E-state index in [0.29, 0.717) is 26.9 Å². The van der Waals surface area contributed by atoms with Gasteiger partial charge >= 0.3 is 0 Å². The molecule has 3 rings (SSSR count). The van der Waals surface area contributed by atoms with Crippen LogP contribution in [0.1, 0.15) is 23.6 Å². The summed E-state index contributed by atoms with van der Waals surface area (Å²) >= 11 is 13.7. The summed E-state index contributed by atoms with van der Waals surface area (Å²) in [6.45, 7) is 5.94. The molecule has 1 aliphatic heterocycles. The van der Waals surface area contributed by atoms with Gasteiger partial charge < -0.3 is 0 Å². The SMILES string of the molecule is CCSC1=C(c2ccc(C)c(C)c2)C(=O)N(c2cccc(Cl)c2Cl)C1=O. The minimum atomic E-state index is -0.377. The highest BCUT2D eigenvalue weighted by Crippen LogP contribution is 2.42. The van der Waals surface area contributed by atoms with Gasteiger partial charge in [0.2, 0.25) is 0 Å². The molecule has 0 saturated heterocycles. The van der Waals surface area contributed by atoms with Gasteiger partial charge in [-0.1, -0.05) is 54.4 Å². The predicted octanol–water partition coefficient (Wildman–Crippen LogP) is 5.65. The Kier molecular flexibility index (Phi) is 5.47. The molecule has 134 valence electrons. The molecule has 1 aliphatic rings. The molecule has 0 bridgehead atoms. The smallest absolute Gasteiger partial charge is 0.268 e. The molecule has 0 N–H and O–H groups in total. The van der Waals surface area contributed by atoms with Gasteiger partial charge in [0.15, 0.2) is 0 Å². The van der Waals surface area contributed by atoms with Crippen LogP contribution in [0.3, 0.4) is 0 Å². The minimum absolute atomic E-state index is 0.193. The molecule has 2 aromatic rings. The van der Waals surface area contributed by atoms with Gasteiger partial charge in [-0.3, -0.25) is 9.59 Å². The van der Waals surface area contributed by atoms with Crippen molar-refractivity contribution in [3.63, 3.8) is 0 Å². The van der Waals surface area contributed by atoms with Gasteiger partial charge in [0.05, 0.1) is 26.2 Å². The van der Waals surface area contributed by atoms with Crippen molar-refractivity contribution in [3.05, 3.63) is 68.0 Å². The van der Waals surface area contributed by atoms with Gasteiger partial charge in [-0.05, 0) is 48.4 Å². The summed E-state index contributed by atoms with van der Waals surface area (Å²) in [7, 11) is 0. The Hall–Kier alpha value is -1.75. The molecule has 0 radical (unpaired) electrons. The topological polar surface area (TPSA) is 37.4 Å². The van der Waals surface area contributed by atoms with Crippen molar-refractivity contribution in [1.29, 1.82) is 0 Å². The highest BCUT2D eigenvalue weighted by Gasteiger charge is 2.41. The zero-order valence-corrected chi connectivity index (χ0v) is 16.9. The lowest BCUT2D eigenvalue weighted by Gasteiger charge is -2.17. The Labute approximate surface area is 167 Å². The number of halogens is 2. The molecule has 0 spiro atoms. The number of imide groups is 1. The standard InChI is InChI=1S/C20H17Cl2NO2S/c1-4-26-18-16(13-9-8-11(2)12(3)10-13)19(24)23(20(18)25)15-7-5-6-14(21)17(15)22/h5-10H,4H2,1-3H3. The third-order valence-electron chi connectivity index (χ3n) is 4.30. The number of benzene rings is 2. The second-order valence-corrected chi connectivity index (χ2v) is 8.01. The first-order chi connectivity index (χ1) is 12.4. The fraction of sp³-hybridized carbons (Fsp3) is 0.200. The number of rotatable bonds is 4. The molecule has 6 heteroatoms. The molecule has 2 amide bonds. The van der Waals surface area contributed by atoms with Gasteiger partial charge in [0.25, 0.3) is 11.8 Å². The monoisotopic (exact) mass is 405 g/mol. The number of carbonyl (C=O) groups excluding carboxylic acids is 2. The molecular weight excluding hydrogens is 389 g/mol. The van der Waals surface area contributed by atoms with Crippen molar-refractivity contribution in [2.45, 2.75) is 20.8 Å². The molecule has 0 aromatic heterocycles. The van der Waals surface area contributed by atoms with Crippen LogP contribution in [0.2, 0.25) is 10.0 Å². The molecule has 0 fully saturated rings. The van der Waals surface area contributed by atoms with Gasteiger partial charge in [-0.2, -0.15) is 0 Å². The highest BCUT2D eigenvalue weighted by atomic mass is 35.5. The Morgan fingerprint density at radius 2 is 1.73 bits per heavy atom. The quantitative estimate of drug-likeness (QED) is 0.616. The van der Waals surface area contributed by atoms with Crippen LogP contribution in [0, 0.1) is 13.8 Å². The van der Waals surface area contributed by atoms with Crippen LogP contribution in [0.4, 0.5) is 5.69 Å². The molecule has 3 nitrogen and oxygen atoms in total. The van der Waals surface area contributed by atoms with Gasteiger partial charge in [-0.15, -0.1) is 11.8 Å². The van der Waals surface area contributed by atoms with Crippen molar-refractivity contribution in [1.82, 2.24) is 0 Å². The zero-order valence-electron chi connectivity index (χ0n) is 14.6. The first kappa shape index (κ1) is 19.0. The number of amides is 2. The summed E-state index contributed by atoms with van der Waals surface area (Å²) in [5.74, 6) is -0.0579. The van der Waals surface area contributed by atoms with E-state index in [0.717, 1.165) is 21.6 Å². The van der Waals surface area contributed by atoms with Crippen molar-refractivity contribution in [2.24, 2.45) is 0 Å². The van der Waals surface area contributed by atoms with E-state index in [2.05, 4.69) is 0 Å². The fourth-order valence-corrected chi connectivity index (χ4v) is 4.06. The molecule has 0 unspecified atom stereocenters. The number of carbonyl (C=O) groups is 2. The fourth-order valence-electron chi connectivity index (χ4n) is 2.82. The normalized spacial score (nSPS) is 14.6. The lowest BCUT2D eigenvalue weighted by Crippen LogP contribution is -2.31. The number of hydrogen-bond donors (Lipinski definition) is 0. The first-order valence-corrected chi connectivity index (χ1v) is 9.88. The zero-order chi connectivity index (χ0) is 19.0. The lowest BCUT2D eigenvalue weighted by molar-refractivity contribution is -0.119.